The van der Waals surface area contributed by atoms with Crippen molar-refractivity contribution in [3.8, 4) is 0 Å². The van der Waals surface area contributed by atoms with Gasteiger partial charge in [-0.25, -0.2) is 13.4 Å². The van der Waals surface area contributed by atoms with Gasteiger partial charge in [0.05, 0.1) is 15.9 Å². The van der Waals surface area contributed by atoms with Crippen molar-refractivity contribution in [1.82, 2.24) is 14.3 Å². The molecule has 6 nitrogen and oxygen atoms in total. The fourth-order valence-electron chi connectivity index (χ4n) is 3.57. The molecule has 1 unspecified atom stereocenters. The molecular weight excluding hydrogens is 362 g/mol. The lowest BCUT2D eigenvalue weighted by atomic mass is 9.99. The first-order valence-corrected chi connectivity index (χ1v) is 10.4. The Labute approximate surface area is 158 Å². The molecule has 1 aromatic heterocycles. The predicted octanol–water partition coefficient (Wildman–Crippen LogP) is 3.33. The number of para-hydroxylation sites is 2. The number of nitrogens with one attached hydrogen (secondary N) is 1. The van der Waals surface area contributed by atoms with E-state index in [9.17, 15) is 13.2 Å². The number of imidazole rings is 1. The number of hydrogen-bond acceptors (Lipinski definition) is 4. The van der Waals surface area contributed by atoms with E-state index in [1.807, 2.05) is 24.3 Å². The third-order valence-corrected chi connectivity index (χ3v) is 6.92. The molecule has 140 valence electrons. The van der Waals surface area contributed by atoms with Gasteiger partial charge in [0.1, 0.15) is 5.82 Å². The van der Waals surface area contributed by atoms with Crippen LogP contribution in [0.3, 0.4) is 0 Å². The SMILES string of the molecule is CC(=O)c1cccc(S(=O)(=O)N2CCCC(c3nc4ccccc4[nH]3)C2)c1. The predicted molar refractivity (Wildman–Crippen MR) is 103 cm³/mol. The zero-order chi connectivity index (χ0) is 19.0. The highest BCUT2D eigenvalue weighted by Crippen LogP contribution is 2.30. The normalized spacial score (nSPS) is 18.6. The van der Waals surface area contributed by atoms with Crippen LogP contribution in [-0.4, -0.2) is 41.6 Å². The maximum absolute atomic E-state index is 13.1. The van der Waals surface area contributed by atoms with Gasteiger partial charge >= 0.3 is 0 Å². The zero-order valence-electron chi connectivity index (χ0n) is 15.1. The van der Waals surface area contributed by atoms with Gasteiger partial charge in [0, 0.05) is 24.6 Å². The minimum atomic E-state index is -3.65. The Bertz CT molecular complexity index is 1070. The number of aromatic amines is 1. The van der Waals surface area contributed by atoms with Crippen molar-refractivity contribution >= 4 is 26.8 Å². The van der Waals surface area contributed by atoms with Gasteiger partial charge in [-0.2, -0.15) is 4.31 Å². The standard InChI is InChI=1S/C20H21N3O3S/c1-14(24)15-6-4-8-17(12-15)27(25,26)23-11-5-7-16(13-23)20-21-18-9-2-3-10-19(18)22-20/h2-4,6,8-10,12,16H,5,7,11,13H2,1H3,(H,21,22). The van der Waals surface area contributed by atoms with E-state index in [0.29, 0.717) is 18.7 Å². The highest BCUT2D eigenvalue weighted by molar-refractivity contribution is 7.89. The van der Waals surface area contributed by atoms with Crippen molar-refractivity contribution in [3.05, 3.63) is 59.9 Å². The lowest BCUT2D eigenvalue weighted by molar-refractivity contribution is 0.101. The second-order valence-corrected chi connectivity index (χ2v) is 8.86. The second kappa shape index (κ2) is 6.90. The van der Waals surface area contributed by atoms with Crippen LogP contribution in [0.1, 0.15) is 41.9 Å². The van der Waals surface area contributed by atoms with Crippen LogP contribution in [0.2, 0.25) is 0 Å². The average Bonchev–Trinajstić information content (AvgIpc) is 3.12. The highest BCUT2D eigenvalue weighted by Gasteiger charge is 2.32. The number of benzene rings is 2. The molecular formula is C20H21N3O3S. The number of aromatic nitrogens is 2. The summed E-state index contributed by atoms with van der Waals surface area (Å²) in [6.45, 7) is 2.29. The van der Waals surface area contributed by atoms with E-state index in [-0.39, 0.29) is 16.6 Å². The number of H-pyrrole nitrogens is 1. The van der Waals surface area contributed by atoms with Gasteiger partial charge in [0.15, 0.2) is 5.78 Å². The molecule has 0 spiro atoms. The van der Waals surface area contributed by atoms with Crippen LogP contribution in [0.15, 0.2) is 53.4 Å². The molecule has 0 saturated carbocycles. The first kappa shape index (κ1) is 17.9. The first-order chi connectivity index (χ1) is 12.9. The lowest BCUT2D eigenvalue weighted by Crippen LogP contribution is -2.39. The molecule has 4 rings (SSSR count). The maximum Gasteiger partial charge on any atom is 0.243 e. The Morgan fingerprint density at radius 1 is 1.19 bits per heavy atom. The van der Waals surface area contributed by atoms with Gasteiger partial charge in [-0.15, -0.1) is 0 Å². The molecule has 1 aliphatic rings. The molecule has 1 fully saturated rings. The zero-order valence-corrected chi connectivity index (χ0v) is 15.9. The van der Waals surface area contributed by atoms with Crippen LogP contribution in [0, 0.1) is 0 Å². The minimum absolute atomic E-state index is 0.0249. The third-order valence-electron chi connectivity index (χ3n) is 5.06. The quantitative estimate of drug-likeness (QED) is 0.701. The summed E-state index contributed by atoms with van der Waals surface area (Å²) in [5, 5.41) is 0. The van der Waals surface area contributed by atoms with Crippen molar-refractivity contribution in [2.24, 2.45) is 0 Å². The molecule has 1 N–H and O–H groups in total. The van der Waals surface area contributed by atoms with Gasteiger partial charge < -0.3 is 4.98 Å². The summed E-state index contributed by atoms with van der Waals surface area (Å²) in [4.78, 5) is 19.7. The Morgan fingerprint density at radius 3 is 2.78 bits per heavy atom. The van der Waals surface area contributed by atoms with E-state index in [0.717, 1.165) is 29.7 Å². The van der Waals surface area contributed by atoms with Crippen molar-refractivity contribution in [2.75, 3.05) is 13.1 Å². The fourth-order valence-corrected chi connectivity index (χ4v) is 5.14. The second-order valence-electron chi connectivity index (χ2n) is 6.93. The van der Waals surface area contributed by atoms with Crippen LogP contribution in [0.25, 0.3) is 11.0 Å². The molecule has 2 aromatic carbocycles. The summed E-state index contributed by atoms with van der Waals surface area (Å²) >= 11 is 0. The molecule has 1 aliphatic heterocycles. The lowest BCUT2D eigenvalue weighted by Gasteiger charge is -2.31. The third kappa shape index (κ3) is 3.40. The number of carbonyl (C=O) groups is 1. The number of ketones is 1. The van der Waals surface area contributed by atoms with Crippen molar-refractivity contribution in [2.45, 2.75) is 30.6 Å². The summed E-state index contributed by atoms with van der Waals surface area (Å²) in [5.74, 6) is 0.705. The molecule has 0 amide bonds. The summed E-state index contributed by atoms with van der Waals surface area (Å²) in [7, 11) is -3.65. The van der Waals surface area contributed by atoms with Gasteiger partial charge in [-0.05, 0) is 44.0 Å². The van der Waals surface area contributed by atoms with Gasteiger partial charge in [-0.3, -0.25) is 4.79 Å². The number of rotatable bonds is 4. The van der Waals surface area contributed by atoms with E-state index in [1.54, 1.807) is 18.2 Å². The Hall–Kier alpha value is -2.51. The summed E-state index contributed by atoms with van der Waals surface area (Å²) in [5.41, 5.74) is 2.25. The fraction of sp³-hybridized carbons (Fsp3) is 0.300. The number of hydrogen-bond donors (Lipinski definition) is 1. The Balaban J connectivity index is 1.62. The number of carbonyl (C=O) groups excluding carboxylic acids is 1. The Kier molecular flexibility index (Phi) is 4.57. The molecule has 0 radical (unpaired) electrons. The van der Waals surface area contributed by atoms with Gasteiger partial charge in [0.2, 0.25) is 10.0 Å². The number of piperidine rings is 1. The average molecular weight is 383 g/mol. The number of sulfonamides is 1. The molecule has 2 heterocycles. The minimum Gasteiger partial charge on any atom is -0.342 e. The van der Waals surface area contributed by atoms with E-state index < -0.39 is 10.0 Å². The molecule has 3 aromatic rings. The first-order valence-electron chi connectivity index (χ1n) is 9.01. The van der Waals surface area contributed by atoms with E-state index in [2.05, 4.69) is 9.97 Å². The van der Waals surface area contributed by atoms with E-state index in [4.69, 9.17) is 0 Å². The topological polar surface area (TPSA) is 83.1 Å². The van der Waals surface area contributed by atoms with Crippen LogP contribution < -0.4 is 0 Å². The van der Waals surface area contributed by atoms with E-state index in [1.165, 1.54) is 17.3 Å². The monoisotopic (exact) mass is 383 g/mol. The van der Waals surface area contributed by atoms with Gasteiger partial charge in [-0.1, -0.05) is 24.3 Å². The van der Waals surface area contributed by atoms with Crippen molar-refractivity contribution in [3.63, 3.8) is 0 Å². The van der Waals surface area contributed by atoms with Crippen LogP contribution >= 0.6 is 0 Å². The molecule has 1 atom stereocenters. The molecule has 0 bridgehead atoms. The van der Waals surface area contributed by atoms with Crippen LogP contribution in [0.4, 0.5) is 0 Å². The van der Waals surface area contributed by atoms with Crippen LogP contribution in [-0.2, 0) is 10.0 Å². The van der Waals surface area contributed by atoms with Crippen LogP contribution in [0.5, 0.6) is 0 Å². The largest absolute Gasteiger partial charge is 0.342 e. The molecule has 0 aliphatic carbocycles. The van der Waals surface area contributed by atoms with E-state index >= 15 is 0 Å². The maximum atomic E-state index is 13.1. The van der Waals surface area contributed by atoms with Gasteiger partial charge in [0.25, 0.3) is 0 Å². The number of nitrogens with zero attached hydrogens (tertiary/aromatic N) is 2. The van der Waals surface area contributed by atoms with Crippen molar-refractivity contribution in [1.29, 1.82) is 0 Å². The summed E-state index contributed by atoms with van der Waals surface area (Å²) in [6, 6.07) is 14.1. The molecule has 7 heteroatoms. The number of fused-ring (bicyclic) bond motifs is 1. The smallest absolute Gasteiger partial charge is 0.243 e. The summed E-state index contributed by atoms with van der Waals surface area (Å²) in [6.07, 6.45) is 1.66. The van der Waals surface area contributed by atoms with Crippen molar-refractivity contribution < 1.29 is 13.2 Å². The highest BCUT2D eigenvalue weighted by atomic mass is 32.2. The summed E-state index contributed by atoms with van der Waals surface area (Å²) < 4.78 is 27.7. The Morgan fingerprint density at radius 2 is 2.00 bits per heavy atom. The number of Topliss-reactive ketones (excluding diaryl/α,β-unsaturated/α-hetero) is 1. The molecule has 1 saturated heterocycles. The molecule has 27 heavy (non-hydrogen) atoms.